The summed E-state index contributed by atoms with van der Waals surface area (Å²) in [5.41, 5.74) is 2.33. The fourth-order valence-corrected chi connectivity index (χ4v) is 3.17. The second kappa shape index (κ2) is 11.4. The Labute approximate surface area is 185 Å². The third kappa shape index (κ3) is 6.61. The molecule has 0 aliphatic carbocycles. The van der Waals surface area contributed by atoms with Crippen LogP contribution < -0.4 is 14.8 Å². The first-order chi connectivity index (χ1) is 14.7. The summed E-state index contributed by atoms with van der Waals surface area (Å²) in [6, 6.07) is 22.7. The molecule has 0 radical (unpaired) electrons. The van der Waals surface area contributed by atoms with Crippen LogP contribution in [-0.2, 0) is 11.2 Å². The smallest absolute Gasteiger partial charge is 0.259 e. The Hall–Kier alpha value is -2.83. The maximum absolute atomic E-state index is 12.9. The number of hydrogen-bond donors (Lipinski definition) is 1. The van der Waals surface area contributed by atoms with Crippen molar-refractivity contribution < 1.29 is 19.0 Å². The second-order valence-corrected chi connectivity index (χ2v) is 7.46. The number of ether oxygens (including phenoxy) is 3. The van der Waals surface area contributed by atoms with Crippen LogP contribution >= 0.6 is 15.9 Å². The molecule has 30 heavy (non-hydrogen) atoms. The zero-order chi connectivity index (χ0) is 21.2. The van der Waals surface area contributed by atoms with Crippen molar-refractivity contribution in [2.75, 3.05) is 32.2 Å². The van der Waals surface area contributed by atoms with E-state index in [4.69, 9.17) is 14.2 Å². The van der Waals surface area contributed by atoms with Gasteiger partial charge in [-0.2, -0.15) is 0 Å². The molecule has 0 bridgehead atoms. The first-order valence-corrected chi connectivity index (χ1v) is 10.4. The van der Waals surface area contributed by atoms with E-state index in [1.54, 1.807) is 31.4 Å². The van der Waals surface area contributed by atoms with Crippen molar-refractivity contribution in [2.24, 2.45) is 0 Å². The number of rotatable bonds is 10. The lowest BCUT2D eigenvalue weighted by atomic mass is 10.1. The van der Waals surface area contributed by atoms with Crippen LogP contribution in [0.2, 0.25) is 0 Å². The molecule has 0 heterocycles. The molecule has 0 saturated heterocycles. The Kier molecular flexibility index (Phi) is 8.30. The van der Waals surface area contributed by atoms with Crippen molar-refractivity contribution in [2.45, 2.75) is 6.42 Å². The van der Waals surface area contributed by atoms with Crippen LogP contribution in [0.5, 0.6) is 11.5 Å². The average Bonchev–Trinajstić information content (AvgIpc) is 2.77. The van der Waals surface area contributed by atoms with Gasteiger partial charge in [0.2, 0.25) is 0 Å². The highest BCUT2D eigenvalue weighted by Gasteiger charge is 2.14. The number of anilines is 1. The summed E-state index contributed by atoms with van der Waals surface area (Å²) in [5.74, 6) is 1.03. The van der Waals surface area contributed by atoms with Crippen LogP contribution in [0.3, 0.4) is 0 Å². The van der Waals surface area contributed by atoms with Crippen LogP contribution in [0.4, 0.5) is 5.69 Å². The Balaban J connectivity index is 1.62. The minimum absolute atomic E-state index is 0.237. The maximum atomic E-state index is 12.9. The zero-order valence-electron chi connectivity index (χ0n) is 16.8. The molecule has 0 unspecified atom stereocenters. The van der Waals surface area contributed by atoms with E-state index >= 15 is 0 Å². The van der Waals surface area contributed by atoms with Gasteiger partial charge in [0.25, 0.3) is 5.91 Å². The summed E-state index contributed by atoms with van der Waals surface area (Å²) in [6.07, 6.45) is 0.766. The van der Waals surface area contributed by atoms with Crippen LogP contribution in [-0.4, -0.2) is 32.8 Å². The van der Waals surface area contributed by atoms with Gasteiger partial charge in [0.05, 0.1) is 18.8 Å². The first kappa shape index (κ1) is 21.9. The minimum atomic E-state index is -0.237. The summed E-state index contributed by atoms with van der Waals surface area (Å²) in [6.45, 7) is 1.48. The van der Waals surface area contributed by atoms with Crippen LogP contribution in [0.25, 0.3) is 0 Å². The molecule has 0 atom stereocenters. The lowest BCUT2D eigenvalue weighted by molar-refractivity contribution is 0.102. The lowest BCUT2D eigenvalue weighted by Crippen LogP contribution is -2.14. The fraction of sp³-hybridized carbons (Fsp3) is 0.208. The van der Waals surface area contributed by atoms with Crippen LogP contribution in [0, 0.1) is 0 Å². The van der Waals surface area contributed by atoms with E-state index < -0.39 is 0 Å². The highest BCUT2D eigenvalue weighted by molar-refractivity contribution is 9.10. The summed E-state index contributed by atoms with van der Waals surface area (Å²) >= 11 is 3.43. The minimum Gasteiger partial charge on any atom is -0.492 e. The quantitative estimate of drug-likeness (QED) is 0.406. The van der Waals surface area contributed by atoms with E-state index in [1.807, 2.05) is 36.4 Å². The van der Waals surface area contributed by atoms with Crippen molar-refractivity contribution >= 4 is 27.5 Å². The number of carbonyl (C=O) groups excluding carboxylic acids is 1. The molecule has 6 heteroatoms. The monoisotopic (exact) mass is 469 g/mol. The molecule has 156 valence electrons. The van der Waals surface area contributed by atoms with Gasteiger partial charge >= 0.3 is 0 Å². The summed E-state index contributed by atoms with van der Waals surface area (Å²) in [7, 11) is 1.63. The van der Waals surface area contributed by atoms with Crippen molar-refractivity contribution in [1.82, 2.24) is 0 Å². The number of hydrogen-bond acceptors (Lipinski definition) is 4. The third-order valence-electron chi connectivity index (χ3n) is 4.35. The van der Waals surface area contributed by atoms with E-state index in [-0.39, 0.29) is 5.91 Å². The van der Waals surface area contributed by atoms with Gasteiger partial charge in [0.15, 0.2) is 0 Å². The topological polar surface area (TPSA) is 56.8 Å². The number of amides is 1. The van der Waals surface area contributed by atoms with Gasteiger partial charge in [0.1, 0.15) is 18.1 Å². The highest BCUT2D eigenvalue weighted by Crippen LogP contribution is 2.25. The molecule has 3 aromatic carbocycles. The van der Waals surface area contributed by atoms with Gasteiger partial charge in [-0.3, -0.25) is 4.79 Å². The number of nitrogens with one attached hydrogen (secondary N) is 1. The molecule has 0 aromatic heterocycles. The van der Waals surface area contributed by atoms with Crippen molar-refractivity contribution in [3.63, 3.8) is 0 Å². The van der Waals surface area contributed by atoms with E-state index in [0.29, 0.717) is 36.8 Å². The lowest BCUT2D eigenvalue weighted by Gasteiger charge is -2.13. The molecule has 0 saturated carbocycles. The molecule has 0 spiro atoms. The highest BCUT2D eigenvalue weighted by atomic mass is 79.9. The van der Waals surface area contributed by atoms with E-state index in [1.165, 1.54) is 5.56 Å². The number of benzene rings is 3. The summed E-state index contributed by atoms with van der Waals surface area (Å²) < 4.78 is 17.2. The number of halogens is 1. The van der Waals surface area contributed by atoms with Crippen molar-refractivity contribution in [3.8, 4) is 11.5 Å². The van der Waals surface area contributed by atoms with Crippen LogP contribution in [0.1, 0.15) is 15.9 Å². The summed E-state index contributed by atoms with van der Waals surface area (Å²) in [4.78, 5) is 12.9. The van der Waals surface area contributed by atoms with E-state index in [0.717, 1.165) is 16.6 Å². The van der Waals surface area contributed by atoms with Gasteiger partial charge in [-0.1, -0.05) is 46.3 Å². The predicted molar refractivity (Wildman–Crippen MR) is 122 cm³/mol. The Morgan fingerprint density at radius 1 is 0.900 bits per heavy atom. The average molecular weight is 470 g/mol. The van der Waals surface area contributed by atoms with Crippen molar-refractivity contribution in [1.29, 1.82) is 0 Å². The molecule has 1 N–H and O–H groups in total. The second-order valence-electron chi connectivity index (χ2n) is 6.54. The Bertz CT molecular complexity index is 945. The predicted octanol–water partition coefficient (Wildman–Crippen LogP) is 5.35. The standard InChI is InChI=1S/C24H24BrNO4/c1-28-15-16-29-21-10-8-20(9-11-21)26-24(27)22-17-19(25)7-12-23(22)30-14-13-18-5-3-2-4-6-18/h2-12,17H,13-16H2,1H3,(H,26,27). The number of carbonyl (C=O) groups is 1. The van der Waals surface area contributed by atoms with Crippen LogP contribution in [0.15, 0.2) is 77.3 Å². The Morgan fingerprint density at radius 2 is 1.67 bits per heavy atom. The molecule has 1 amide bonds. The molecule has 3 rings (SSSR count). The largest absolute Gasteiger partial charge is 0.492 e. The first-order valence-electron chi connectivity index (χ1n) is 9.65. The molecular formula is C24H24BrNO4. The molecule has 3 aromatic rings. The fourth-order valence-electron chi connectivity index (χ4n) is 2.80. The third-order valence-corrected chi connectivity index (χ3v) is 4.84. The summed E-state index contributed by atoms with van der Waals surface area (Å²) in [5, 5.41) is 2.91. The zero-order valence-corrected chi connectivity index (χ0v) is 18.4. The van der Waals surface area contributed by atoms with Crippen molar-refractivity contribution in [3.05, 3.63) is 88.4 Å². The molecule has 0 fully saturated rings. The van der Waals surface area contributed by atoms with Gasteiger partial charge in [0, 0.05) is 23.7 Å². The molecule has 0 aliphatic heterocycles. The SMILES string of the molecule is COCCOc1ccc(NC(=O)c2cc(Br)ccc2OCCc2ccccc2)cc1. The van der Waals surface area contributed by atoms with Gasteiger partial charge < -0.3 is 19.5 Å². The normalized spacial score (nSPS) is 10.5. The molecule has 5 nitrogen and oxygen atoms in total. The van der Waals surface area contributed by atoms with Gasteiger partial charge in [-0.05, 0) is 48.0 Å². The van der Waals surface area contributed by atoms with E-state index in [9.17, 15) is 4.79 Å². The number of methoxy groups -OCH3 is 1. The van der Waals surface area contributed by atoms with Gasteiger partial charge in [-0.15, -0.1) is 0 Å². The van der Waals surface area contributed by atoms with Gasteiger partial charge in [-0.25, -0.2) is 0 Å². The molecular weight excluding hydrogens is 446 g/mol. The maximum Gasteiger partial charge on any atom is 0.259 e. The van der Waals surface area contributed by atoms with E-state index in [2.05, 4.69) is 33.4 Å². The Morgan fingerprint density at radius 3 is 2.40 bits per heavy atom. The molecule has 0 aliphatic rings.